The van der Waals surface area contributed by atoms with Crippen molar-refractivity contribution < 1.29 is 4.74 Å². The Kier molecular flexibility index (Phi) is 1.24. The quantitative estimate of drug-likeness (QED) is 0.528. The van der Waals surface area contributed by atoms with Crippen LogP contribution in [-0.4, -0.2) is 11.7 Å². The summed E-state index contributed by atoms with van der Waals surface area (Å²) >= 11 is 0. The lowest BCUT2D eigenvalue weighted by Gasteiger charge is -1.97. The molecule has 0 unspecified atom stereocenters. The number of ether oxygens (including phenoxy) is 1. The van der Waals surface area contributed by atoms with Crippen molar-refractivity contribution >= 4 is 0 Å². The Balaban J connectivity index is 2.92. The van der Waals surface area contributed by atoms with Gasteiger partial charge in [0.1, 0.15) is 0 Å². The fourth-order valence-electron chi connectivity index (χ4n) is 0.658. The van der Waals surface area contributed by atoms with Gasteiger partial charge in [-0.25, -0.2) is 0 Å². The maximum absolute atomic E-state index is 4.95. The first kappa shape index (κ1) is 5.22. The highest BCUT2D eigenvalue weighted by Gasteiger charge is 1.89. The lowest BCUT2D eigenvalue weighted by molar-refractivity contribution is 0.382. The summed E-state index contributed by atoms with van der Waals surface area (Å²) in [7, 11) is 3.61. The van der Waals surface area contributed by atoms with Gasteiger partial charge in [-0.1, -0.05) is 0 Å². The van der Waals surface area contributed by atoms with E-state index in [0.717, 1.165) is 5.88 Å². The van der Waals surface area contributed by atoms with Gasteiger partial charge in [-0.15, -0.1) is 0 Å². The van der Waals surface area contributed by atoms with Crippen molar-refractivity contribution in [2.45, 2.75) is 0 Å². The summed E-state index contributed by atoms with van der Waals surface area (Å²) in [4.78, 5) is 0. The average molecular weight is 111 g/mol. The maximum atomic E-state index is 4.95. The molecule has 0 fully saturated rings. The van der Waals surface area contributed by atoms with Crippen molar-refractivity contribution in [3.8, 4) is 5.88 Å². The van der Waals surface area contributed by atoms with Crippen molar-refractivity contribution in [1.29, 1.82) is 0 Å². The predicted molar refractivity (Wildman–Crippen MR) is 32.0 cm³/mol. The van der Waals surface area contributed by atoms with Crippen LogP contribution in [0.15, 0.2) is 18.3 Å². The van der Waals surface area contributed by atoms with Gasteiger partial charge in [0.05, 0.1) is 7.11 Å². The molecule has 0 aliphatic heterocycles. The molecule has 0 N–H and O–H groups in total. The van der Waals surface area contributed by atoms with Crippen LogP contribution in [0.5, 0.6) is 5.88 Å². The van der Waals surface area contributed by atoms with Crippen LogP contribution in [0, 0.1) is 0 Å². The summed E-state index contributed by atoms with van der Waals surface area (Å²) in [5.74, 6) is 0.894. The van der Waals surface area contributed by atoms with Crippen LogP contribution in [0.4, 0.5) is 0 Å². The van der Waals surface area contributed by atoms with E-state index in [-0.39, 0.29) is 0 Å². The van der Waals surface area contributed by atoms with E-state index in [1.165, 1.54) is 0 Å². The van der Waals surface area contributed by atoms with Crippen molar-refractivity contribution in [3.05, 3.63) is 18.3 Å². The number of methoxy groups -OCH3 is 1. The van der Waals surface area contributed by atoms with Crippen LogP contribution in [0.25, 0.3) is 0 Å². The highest BCUT2D eigenvalue weighted by Crippen LogP contribution is 2.06. The van der Waals surface area contributed by atoms with Gasteiger partial charge < -0.3 is 9.30 Å². The van der Waals surface area contributed by atoms with Gasteiger partial charge in [0.25, 0.3) is 0 Å². The minimum absolute atomic E-state index is 0.894. The number of aryl methyl sites for hydroxylation is 1. The zero-order chi connectivity index (χ0) is 5.98. The highest BCUT2D eigenvalue weighted by atomic mass is 16.5. The molecule has 0 radical (unpaired) electrons. The summed E-state index contributed by atoms with van der Waals surface area (Å²) in [5, 5.41) is 0. The number of aromatic nitrogens is 1. The lowest BCUT2D eigenvalue weighted by Crippen LogP contribution is -1.90. The molecule has 0 atom stereocenters. The van der Waals surface area contributed by atoms with E-state index < -0.39 is 0 Å². The molecule has 0 bridgehead atoms. The zero-order valence-corrected chi connectivity index (χ0v) is 5.09. The molecule has 44 valence electrons. The van der Waals surface area contributed by atoms with Gasteiger partial charge in [-0.2, -0.15) is 0 Å². The Morgan fingerprint density at radius 3 is 2.62 bits per heavy atom. The second-order valence-corrected chi connectivity index (χ2v) is 1.66. The average Bonchev–Trinajstić information content (AvgIpc) is 2.14. The predicted octanol–water partition coefficient (Wildman–Crippen LogP) is 1.03. The molecule has 2 nitrogen and oxygen atoms in total. The topological polar surface area (TPSA) is 14.2 Å². The fourth-order valence-corrected chi connectivity index (χ4v) is 0.658. The van der Waals surface area contributed by atoms with Crippen LogP contribution in [-0.2, 0) is 7.05 Å². The molecule has 0 saturated heterocycles. The van der Waals surface area contributed by atoms with Crippen LogP contribution in [0.2, 0.25) is 0 Å². The van der Waals surface area contributed by atoms with Crippen LogP contribution in [0.3, 0.4) is 0 Å². The number of rotatable bonds is 1. The lowest BCUT2D eigenvalue weighted by atomic mass is 10.7. The van der Waals surface area contributed by atoms with E-state index >= 15 is 0 Å². The van der Waals surface area contributed by atoms with Gasteiger partial charge in [-0.05, 0) is 12.1 Å². The summed E-state index contributed by atoms with van der Waals surface area (Å²) in [6.07, 6.45) is 1.94. The monoisotopic (exact) mass is 111 g/mol. The Labute approximate surface area is 48.7 Å². The Morgan fingerprint density at radius 2 is 2.38 bits per heavy atom. The largest absolute Gasteiger partial charge is 0.482 e. The number of nitrogens with zero attached hydrogens (tertiary/aromatic N) is 1. The van der Waals surface area contributed by atoms with E-state index in [9.17, 15) is 0 Å². The second kappa shape index (κ2) is 1.90. The molecule has 0 aliphatic carbocycles. The van der Waals surface area contributed by atoms with Gasteiger partial charge >= 0.3 is 0 Å². The van der Waals surface area contributed by atoms with E-state index in [2.05, 4.69) is 0 Å². The molecule has 0 spiro atoms. The highest BCUT2D eigenvalue weighted by molar-refractivity contribution is 5.12. The Hall–Kier alpha value is -0.920. The smallest absolute Gasteiger partial charge is 0.192 e. The molecule has 0 aromatic carbocycles. The Morgan fingerprint density at radius 1 is 1.62 bits per heavy atom. The summed E-state index contributed by atoms with van der Waals surface area (Å²) in [6, 6.07) is 3.86. The summed E-state index contributed by atoms with van der Waals surface area (Å²) < 4.78 is 6.86. The molecule has 1 heterocycles. The minimum atomic E-state index is 0.894. The van der Waals surface area contributed by atoms with Crippen molar-refractivity contribution in [2.75, 3.05) is 7.11 Å². The van der Waals surface area contributed by atoms with Crippen LogP contribution in [0.1, 0.15) is 0 Å². The van der Waals surface area contributed by atoms with Gasteiger partial charge in [0.15, 0.2) is 5.88 Å². The molecule has 2 heteroatoms. The molecule has 1 aromatic heterocycles. The second-order valence-electron chi connectivity index (χ2n) is 1.66. The molecule has 0 saturated carbocycles. The maximum Gasteiger partial charge on any atom is 0.192 e. The number of hydrogen-bond acceptors (Lipinski definition) is 1. The van der Waals surface area contributed by atoms with Crippen LogP contribution >= 0.6 is 0 Å². The molecular formula is C6H9NO. The first-order valence-corrected chi connectivity index (χ1v) is 2.50. The van der Waals surface area contributed by atoms with Crippen molar-refractivity contribution in [3.63, 3.8) is 0 Å². The summed E-state index contributed by atoms with van der Waals surface area (Å²) in [5.41, 5.74) is 0. The zero-order valence-electron chi connectivity index (χ0n) is 5.09. The van der Waals surface area contributed by atoms with Gasteiger partial charge in [0.2, 0.25) is 0 Å². The minimum Gasteiger partial charge on any atom is -0.482 e. The standard InChI is InChI=1S/C6H9NO/c1-7-5-3-4-6(7)8-2/h3-5H,1-2H3. The third kappa shape index (κ3) is 0.689. The van der Waals surface area contributed by atoms with Gasteiger partial charge in [-0.3, -0.25) is 0 Å². The van der Waals surface area contributed by atoms with E-state index in [1.807, 2.05) is 29.9 Å². The molecule has 1 rings (SSSR count). The van der Waals surface area contributed by atoms with Gasteiger partial charge in [0, 0.05) is 13.2 Å². The third-order valence-electron chi connectivity index (χ3n) is 1.11. The molecule has 0 aliphatic rings. The first-order valence-electron chi connectivity index (χ1n) is 2.50. The number of hydrogen-bond donors (Lipinski definition) is 0. The molecule has 1 aromatic rings. The first-order chi connectivity index (χ1) is 3.84. The SMILES string of the molecule is COc1cccn1C. The van der Waals surface area contributed by atoms with Crippen molar-refractivity contribution in [2.24, 2.45) is 7.05 Å². The fraction of sp³-hybridized carbons (Fsp3) is 0.333. The third-order valence-corrected chi connectivity index (χ3v) is 1.11. The van der Waals surface area contributed by atoms with Crippen LogP contribution < -0.4 is 4.74 Å². The van der Waals surface area contributed by atoms with E-state index in [4.69, 9.17) is 4.74 Å². The molecular weight excluding hydrogens is 102 g/mol. The Bertz CT molecular complexity index is 169. The van der Waals surface area contributed by atoms with Crippen molar-refractivity contribution in [1.82, 2.24) is 4.57 Å². The molecule has 0 amide bonds. The van der Waals surface area contributed by atoms with E-state index in [0.29, 0.717) is 0 Å². The normalized spacial score (nSPS) is 9.25. The molecule has 8 heavy (non-hydrogen) atoms. The summed E-state index contributed by atoms with van der Waals surface area (Å²) in [6.45, 7) is 0. The van der Waals surface area contributed by atoms with E-state index in [1.54, 1.807) is 7.11 Å².